The summed E-state index contributed by atoms with van der Waals surface area (Å²) in [6, 6.07) is 0. The maximum atomic E-state index is 8.41. The summed E-state index contributed by atoms with van der Waals surface area (Å²) in [7, 11) is 0. The van der Waals surface area contributed by atoms with Crippen LogP contribution in [0.5, 0.6) is 0 Å². The van der Waals surface area contributed by atoms with Gasteiger partial charge in [-0.3, -0.25) is 0 Å². The first-order valence-corrected chi connectivity index (χ1v) is 3.38. The van der Waals surface area contributed by atoms with Crippen LogP contribution in [0.1, 0.15) is 26.2 Å². The predicted octanol–water partition coefficient (Wildman–Crippen LogP) is 1.32. The van der Waals surface area contributed by atoms with Gasteiger partial charge in [-0.15, -0.1) is 0 Å². The van der Waals surface area contributed by atoms with Crippen LogP contribution < -0.4 is 0 Å². The summed E-state index contributed by atoms with van der Waals surface area (Å²) in [6.45, 7) is 3.50. The normalized spacial score (nSPS) is 13.7. The molecule has 0 aromatic heterocycles. The Morgan fingerprint density at radius 1 is 1.56 bits per heavy atom. The molecule has 1 radical (unpaired) electrons. The number of rotatable bonds is 5. The van der Waals surface area contributed by atoms with Crippen molar-refractivity contribution in [3.63, 3.8) is 0 Å². The molecule has 2 N–H and O–H groups in total. The van der Waals surface area contributed by atoms with E-state index in [1.807, 2.05) is 0 Å². The smallest absolute Gasteiger partial charge is 0.0801 e. The molecule has 0 saturated carbocycles. The Kier molecular flexibility index (Phi) is 5.99. The quantitative estimate of drug-likeness (QED) is 0.590. The minimum Gasteiger partial charge on any atom is -0.396 e. The minimum atomic E-state index is 0.260. The fourth-order valence-electron chi connectivity index (χ4n) is 0.738. The summed E-state index contributed by atoms with van der Waals surface area (Å²) in [5.74, 6) is 0.502. The van der Waals surface area contributed by atoms with Crippen molar-refractivity contribution in [3.8, 4) is 0 Å². The molecule has 1 unspecified atom stereocenters. The van der Waals surface area contributed by atoms with Crippen LogP contribution in [0.15, 0.2) is 0 Å². The lowest BCUT2D eigenvalue weighted by Gasteiger charge is -2.05. The molecule has 0 aromatic carbocycles. The molecule has 0 spiro atoms. The number of hydrogen-bond donors (Lipinski definition) is 2. The number of aliphatic hydroxyl groups excluding tert-OH is 2. The Morgan fingerprint density at radius 3 is 2.67 bits per heavy atom. The van der Waals surface area contributed by atoms with E-state index >= 15 is 0 Å². The van der Waals surface area contributed by atoms with Crippen molar-refractivity contribution < 1.29 is 10.2 Å². The second-order valence-electron chi connectivity index (χ2n) is 2.39. The molecule has 0 bridgehead atoms. The third-order valence-corrected chi connectivity index (χ3v) is 1.36. The van der Waals surface area contributed by atoms with Gasteiger partial charge in [0.15, 0.2) is 0 Å². The maximum absolute atomic E-state index is 8.41. The highest BCUT2D eigenvalue weighted by molar-refractivity contribution is 4.57. The molecule has 0 saturated heterocycles. The van der Waals surface area contributed by atoms with Gasteiger partial charge >= 0.3 is 0 Å². The van der Waals surface area contributed by atoms with Crippen LogP contribution in [0.2, 0.25) is 0 Å². The van der Waals surface area contributed by atoms with E-state index in [0.29, 0.717) is 5.92 Å². The average Bonchev–Trinajstić information content (AvgIpc) is 1.85. The molecule has 0 aromatic rings. The summed E-state index contributed by atoms with van der Waals surface area (Å²) in [5, 5.41) is 16.8. The molecule has 0 aliphatic rings. The van der Waals surface area contributed by atoms with Gasteiger partial charge in [0.1, 0.15) is 0 Å². The van der Waals surface area contributed by atoms with E-state index in [1.165, 1.54) is 6.61 Å². The molecule has 0 heterocycles. The van der Waals surface area contributed by atoms with Crippen LogP contribution in [0.25, 0.3) is 0 Å². The number of hydrogen-bond acceptors (Lipinski definition) is 2. The van der Waals surface area contributed by atoms with Crippen molar-refractivity contribution in [2.75, 3.05) is 6.61 Å². The first-order valence-electron chi connectivity index (χ1n) is 3.38. The largest absolute Gasteiger partial charge is 0.396 e. The van der Waals surface area contributed by atoms with E-state index in [0.717, 1.165) is 19.3 Å². The van der Waals surface area contributed by atoms with Crippen molar-refractivity contribution in [1.82, 2.24) is 0 Å². The predicted molar refractivity (Wildman–Crippen MR) is 36.3 cm³/mol. The van der Waals surface area contributed by atoms with Crippen LogP contribution in [-0.2, 0) is 0 Å². The first kappa shape index (κ1) is 8.92. The standard InChI is InChI=1S/C7H15O2/c1-7(4-6-9)3-2-5-8/h6-9H,2-5H2,1H3. The van der Waals surface area contributed by atoms with Gasteiger partial charge in [0.25, 0.3) is 0 Å². The fraction of sp³-hybridized carbons (Fsp3) is 0.857. The van der Waals surface area contributed by atoms with Gasteiger partial charge < -0.3 is 10.2 Å². The molecule has 2 heteroatoms. The third-order valence-electron chi connectivity index (χ3n) is 1.36. The average molecular weight is 131 g/mol. The van der Waals surface area contributed by atoms with Crippen molar-refractivity contribution in [3.05, 3.63) is 6.61 Å². The molecule has 1 atom stereocenters. The molecule has 55 valence electrons. The highest BCUT2D eigenvalue weighted by Gasteiger charge is 1.98. The van der Waals surface area contributed by atoms with E-state index in [9.17, 15) is 0 Å². The maximum Gasteiger partial charge on any atom is 0.0801 e. The van der Waals surface area contributed by atoms with Crippen molar-refractivity contribution in [2.24, 2.45) is 5.92 Å². The molecule has 0 aliphatic heterocycles. The van der Waals surface area contributed by atoms with Crippen molar-refractivity contribution in [1.29, 1.82) is 0 Å². The molecule has 0 amide bonds. The highest BCUT2D eigenvalue weighted by Crippen LogP contribution is 2.09. The van der Waals surface area contributed by atoms with Crippen LogP contribution in [0, 0.1) is 12.5 Å². The van der Waals surface area contributed by atoms with E-state index < -0.39 is 0 Å². The zero-order chi connectivity index (χ0) is 7.11. The van der Waals surface area contributed by atoms with Crippen LogP contribution in [-0.4, -0.2) is 16.8 Å². The fourth-order valence-corrected chi connectivity index (χ4v) is 0.738. The van der Waals surface area contributed by atoms with Gasteiger partial charge in [-0.2, -0.15) is 0 Å². The van der Waals surface area contributed by atoms with Crippen molar-refractivity contribution >= 4 is 0 Å². The molecular weight excluding hydrogens is 116 g/mol. The summed E-state index contributed by atoms with van der Waals surface area (Å²) >= 11 is 0. The van der Waals surface area contributed by atoms with Gasteiger partial charge in [-0.1, -0.05) is 6.92 Å². The third kappa shape index (κ3) is 5.80. The Morgan fingerprint density at radius 2 is 2.22 bits per heavy atom. The highest BCUT2D eigenvalue weighted by atomic mass is 16.3. The molecule has 9 heavy (non-hydrogen) atoms. The molecular formula is C7H15O2. The van der Waals surface area contributed by atoms with Crippen LogP contribution in [0.4, 0.5) is 0 Å². The molecule has 0 rings (SSSR count). The SMILES string of the molecule is CC(C[CH]O)CCCO. The Balaban J connectivity index is 2.95. The lowest BCUT2D eigenvalue weighted by atomic mass is 10.0. The summed E-state index contributed by atoms with van der Waals surface area (Å²) in [6.07, 6.45) is 2.57. The molecule has 2 nitrogen and oxygen atoms in total. The number of aliphatic hydroxyl groups is 2. The molecule has 0 fully saturated rings. The second-order valence-corrected chi connectivity index (χ2v) is 2.39. The minimum absolute atomic E-state index is 0.260. The topological polar surface area (TPSA) is 40.5 Å². The van der Waals surface area contributed by atoms with E-state index in [4.69, 9.17) is 10.2 Å². The van der Waals surface area contributed by atoms with Crippen LogP contribution >= 0.6 is 0 Å². The monoisotopic (exact) mass is 131 g/mol. The second kappa shape index (κ2) is 6.05. The zero-order valence-electron chi connectivity index (χ0n) is 5.88. The lowest BCUT2D eigenvalue weighted by Crippen LogP contribution is -1.96. The first-order chi connectivity index (χ1) is 4.31. The van der Waals surface area contributed by atoms with E-state index in [2.05, 4.69) is 6.92 Å². The van der Waals surface area contributed by atoms with Crippen LogP contribution in [0.3, 0.4) is 0 Å². The molecule has 0 aliphatic carbocycles. The lowest BCUT2D eigenvalue weighted by molar-refractivity contribution is 0.265. The summed E-state index contributed by atoms with van der Waals surface area (Å²) < 4.78 is 0. The Hall–Kier alpha value is -0.0800. The van der Waals surface area contributed by atoms with Gasteiger partial charge in [0.05, 0.1) is 6.61 Å². The Labute approximate surface area is 56.5 Å². The van der Waals surface area contributed by atoms with Gasteiger partial charge in [0.2, 0.25) is 0 Å². The van der Waals surface area contributed by atoms with E-state index in [-0.39, 0.29) is 6.61 Å². The summed E-state index contributed by atoms with van der Waals surface area (Å²) in [5.41, 5.74) is 0. The van der Waals surface area contributed by atoms with Gasteiger partial charge in [-0.05, 0) is 25.2 Å². The Bertz CT molecular complexity index is 54.9. The van der Waals surface area contributed by atoms with Gasteiger partial charge in [0, 0.05) is 6.61 Å². The van der Waals surface area contributed by atoms with Crippen molar-refractivity contribution in [2.45, 2.75) is 26.2 Å². The summed E-state index contributed by atoms with van der Waals surface area (Å²) in [4.78, 5) is 0. The zero-order valence-corrected chi connectivity index (χ0v) is 5.88. The van der Waals surface area contributed by atoms with Gasteiger partial charge in [-0.25, -0.2) is 0 Å². The van der Waals surface area contributed by atoms with E-state index in [1.54, 1.807) is 0 Å².